The number of aromatic nitrogens is 1. The maximum atomic E-state index is 11.4. The summed E-state index contributed by atoms with van der Waals surface area (Å²) in [6, 6.07) is 14.0. The highest BCUT2D eigenvalue weighted by atomic mass is 16.4. The van der Waals surface area contributed by atoms with Gasteiger partial charge in [-0.25, -0.2) is 4.79 Å². The fourth-order valence-electron chi connectivity index (χ4n) is 2.60. The minimum absolute atomic E-state index is 0.0282. The third-order valence-electron chi connectivity index (χ3n) is 3.91. The number of para-hydroxylation sites is 1. The van der Waals surface area contributed by atoms with E-state index in [0.717, 1.165) is 22.2 Å². The van der Waals surface area contributed by atoms with Gasteiger partial charge in [0, 0.05) is 17.5 Å². The Morgan fingerprint density at radius 2 is 1.71 bits per heavy atom. The van der Waals surface area contributed by atoms with Crippen molar-refractivity contribution >= 4 is 11.1 Å². The topological polar surface area (TPSA) is 72.0 Å². The molecule has 4 heteroatoms. The van der Waals surface area contributed by atoms with Gasteiger partial charge in [-0.05, 0) is 24.1 Å². The lowest BCUT2D eigenvalue weighted by Crippen LogP contribution is -2.05. The van der Waals surface area contributed by atoms with Gasteiger partial charge in [-0.3, -0.25) is 4.98 Å². The molecule has 0 aliphatic carbocycles. The Morgan fingerprint density at radius 3 is 2.38 bits per heavy atom. The zero-order chi connectivity index (χ0) is 15.0. The third-order valence-corrected chi connectivity index (χ3v) is 3.91. The van der Waals surface area contributed by atoms with E-state index in [4.69, 9.17) is 10.2 Å². The molecule has 3 rings (SSSR count). The van der Waals surface area contributed by atoms with Crippen LogP contribution >= 0.6 is 0 Å². The lowest BCUT2D eigenvalue weighted by molar-refractivity contribution is 0.550. The van der Waals surface area contributed by atoms with Crippen molar-refractivity contribution in [3.05, 3.63) is 69.7 Å². The molecule has 3 N–H and O–H groups in total. The van der Waals surface area contributed by atoms with Crippen molar-refractivity contribution in [3.63, 3.8) is 0 Å². The monoisotopic (exact) mass is 282 g/mol. The Labute approximate surface area is 122 Å². The van der Waals surface area contributed by atoms with Crippen molar-refractivity contribution in [1.82, 2.24) is 4.98 Å². The summed E-state index contributed by atoms with van der Waals surface area (Å²) in [5.41, 5.74) is 10.5. The Kier molecular flexibility index (Phi) is 3.39. The second kappa shape index (κ2) is 5.22. The first kappa shape index (κ1) is 13.6. The number of rotatable bonds is 3. The molecule has 2 unspecified atom stereocenters. The highest BCUT2D eigenvalue weighted by Gasteiger charge is 2.15. The molecule has 3 aromatic rings. The van der Waals surface area contributed by atoms with E-state index in [2.05, 4.69) is 24.0 Å². The molecular formula is C17H18N2O2. The predicted molar refractivity (Wildman–Crippen MR) is 83.4 cm³/mol. The minimum atomic E-state index is -0.419. The number of hydrogen-bond acceptors (Lipinski definition) is 3. The van der Waals surface area contributed by atoms with Crippen LogP contribution in [0.1, 0.15) is 42.5 Å². The molecule has 2 aromatic carbocycles. The summed E-state index contributed by atoms with van der Waals surface area (Å²) in [5.74, 6) is -0.285. The van der Waals surface area contributed by atoms with E-state index in [-0.39, 0.29) is 12.0 Å². The Balaban J connectivity index is 2.03. The molecule has 21 heavy (non-hydrogen) atoms. The van der Waals surface area contributed by atoms with Crippen molar-refractivity contribution in [2.45, 2.75) is 25.8 Å². The fourth-order valence-corrected chi connectivity index (χ4v) is 2.60. The molecule has 108 valence electrons. The van der Waals surface area contributed by atoms with Crippen molar-refractivity contribution in [1.29, 1.82) is 0 Å². The molecule has 0 spiro atoms. The predicted octanol–water partition coefficient (Wildman–Crippen LogP) is 3.29. The van der Waals surface area contributed by atoms with E-state index in [1.807, 2.05) is 37.3 Å². The fraction of sp³-hybridized carbons (Fsp3) is 0.235. The molecule has 1 aromatic heterocycles. The van der Waals surface area contributed by atoms with E-state index in [0.29, 0.717) is 5.58 Å². The molecular weight excluding hydrogens is 264 g/mol. The van der Waals surface area contributed by atoms with Gasteiger partial charge in [0.1, 0.15) is 0 Å². The van der Waals surface area contributed by atoms with Crippen LogP contribution in [0.15, 0.2) is 51.7 Å². The first-order valence-electron chi connectivity index (χ1n) is 7.03. The van der Waals surface area contributed by atoms with Gasteiger partial charge in [0.25, 0.3) is 0 Å². The van der Waals surface area contributed by atoms with Gasteiger partial charge in [-0.1, -0.05) is 43.3 Å². The van der Waals surface area contributed by atoms with Crippen molar-refractivity contribution in [3.8, 4) is 0 Å². The van der Waals surface area contributed by atoms with Crippen LogP contribution in [0.4, 0.5) is 0 Å². The van der Waals surface area contributed by atoms with E-state index in [1.165, 1.54) is 0 Å². The van der Waals surface area contributed by atoms with Crippen LogP contribution in [0.2, 0.25) is 0 Å². The standard InChI is InChI=1S/C17H18N2O2/c1-10(12-6-8-13(9-7-12)11(2)18)14-4-3-5-15-16(14)21-17(20)19-15/h3-11H,18H2,1-2H3,(H,19,20). The second-order valence-corrected chi connectivity index (χ2v) is 5.42. The molecule has 2 atom stereocenters. The number of nitrogens with two attached hydrogens (primary N) is 1. The van der Waals surface area contributed by atoms with Crippen LogP contribution < -0.4 is 11.5 Å². The zero-order valence-electron chi connectivity index (χ0n) is 12.1. The second-order valence-electron chi connectivity index (χ2n) is 5.42. The Bertz CT molecular complexity index is 813. The number of fused-ring (bicyclic) bond motifs is 1. The van der Waals surface area contributed by atoms with E-state index in [9.17, 15) is 4.79 Å². The third kappa shape index (κ3) is 2.50. The molecule has 1 heterocycles. The maximum Gasteiger partial charge on any atom is 0.417 e. The molecule has 0 saturated heterocycles. The van der Waals surface area contributed by atoms with Gasteiger partial charge in [0.2, 0.25) is 0 Å². The van der Waals surface area contributed by atoms with Gasteiger partial charge in [0.05, 0.1) is 5.52 Å². The van der Waals surface area contributed by atoms with Gasteiger partial charge in [0.15, 0.2) is 5.58 Å². The maximum absolute atomic E-state index is 11.4. The van der Waals surface area contributed by atoms with Crippen molar-refractivity contribution in [2.24, 2.45) is 5.73 Å². The molecule has 4 nitrogen and oxygen atoms in total. The number of oxazole rings is 1. The van der Waals surface area contributed by atoms with Gasteiger partial charge < -0.3 is 10.2 Å². The normalized spacial score (nSPS) is 14.2. The summed E-state index contributed by atoms with van der Waals surface area (Å²) in [5, 5.41) is 0. The van der Waals surface area contributed by atoms with Gasteiger partial charge in [-0.2, -0.15) is 0 Å². The highest BCUT2D eigenvalue weighted by Crippen LogP contribution is 2.29. The summed E-state index contributed by atoms with van der Waals surface area (Å²) in [7, 11) is 0. The van der Waals surface area contributed by atoms with Crippen LogP contribution in [0.25, 0.3) is 11.1 Å². The quantitative estimate of drug-likeness (QED) is 0.774. The first-order chi connectivity index (χ1) is 10.1. The number of nitrogens with one attached hydrogen (secondary N) is 1. The zero-order valence-corrected chi connectivity index (χ0v) is 12.1. The molecule has 0 saturated carbocycles. The Hall–Kier alpha value is -2.33. The molecule has 0 bridgehead atoms. The van der Waals surface area contributed by atoms with E-state index in [1.54, 1.807) is 0 Å². The van der Waals surface area contributed by atoms with Crippen LogP contribution in [-0.4, -0.2) is 4.98 Å². The summed E-state index contributed by atoms with van der Waals surface area (Å²) >= 11 is 0. The number of H-pyrrole nitrogens is 1. The average molecular weight is 282 g/mol. The first-order valence-corrected chi connectivity index (χ1v) is 7.03. The summed E-state index contributed by atoms with van der Waals surface area (Å²) in [6.45, 7) is 4.07. The summed E-state index contributed by atoms with van der Waals surface area (Å²) < 4.78 is 5.27. The summed E-state index contributed by atoms with van der Waals surface area (Å²) in [6.07, 6.45) is 0. The van der Waals surface area contributed by atoms with Crippen LogP contribution in [-0.2, 0) is 0 Å². The molecule has 0 fully saturated rings. The molecule has 0 aliphatic rings. The highest BCUT2D eigenvalue weighted by molar-refractivity contribution is 5.77. The lowest BCUT2D eigenvalue weighted by atomic mass is 9.91. The van der Waals surface area contributed by atoms with Crippen molar-refractivity contribution < 1.29 is 4.42 Å². The van der Waals surface area contributed by atoms with E-state index < -0.39 is 5.76 Å². The van der Waals surface area contributed by atoms with Crippen LogP contribution in [0.3, 0.4) is 0 Å². The lowest BCUT2D eigenvalue weighted by Gasteiger charge is -2.14. The minimum Gasteiger partial charge on any atom is -0.408 e. The number of aromatic amines is 1. The SMILES string of the molecule is CC(N)c1ccc(C(C)c2cccc3[nH]c(=O)oc23)cc1. The molecule has 0 radical (unpaired) electrons. The number of hydrogen-bond donors (Lipinski definition) is 2. The van der Waals surface area contributed by atoms with E-state index >= 15 is 0 Å². The average Bonchev–Trinajstić information content (AvgIpc) is 2.86. The smallest absolute Gasteiger partial charge is 0.408 e. The van der Waals surface area contributed by atoms with Gasteiger partial charge in [-0.15, -0.1) is 0 Å². The molecule has 0 aliphatic heterocycles. The van der Waals surface area contributed by atoms with Crippen LogP contribution in [0.5, 0.6) is 0 Å². The summed E-state index contributed by atoms with van der Waals surface area (Å²) in [4.78, 5) is 14.1. The van der Waals surface area contributed by atoms with Crippen molar-refractivity contribution in [2.75, 3.05) is 0 Å². The number of benzene rings is 2. The molecule has 0 amide bonds. The van der Waals surface area contributed by atoms with Crippen LogP contribution in [0, 0.1) is 0 Å². The largest absolute Gasteiger partial charge is 0.417 e. The van der Waals surface area contributed by atoms with Gasteiger partial charge >= 0.3 is 5.76 Å². The Morgan fingerprint density at radius 1 is 1.05 bits per heavy atom.